The second kappa shape index (κ2) is 4.54. The van der Waals surface area contributed by atoms with Crippen LogP contribution in [0.15, 0.2) is 35.5 Å². The second-order valence-electron chi connectivity index (χ2n) is 9.78. The quantitative estimate of drug-likeness (QED) is 0.517. The Bertz CT molecular complexity index is 710. The Labute approximate surface area is 146 Å². The predicted molar refractivity (Wildman–Crippen MR) is 97.5 cm³/mol. The average molecular weight is 322 g/mol. The van der Waals surface area contributed by atoms with Gasteiger partial charge in [0.1, 0.15) is 0 Å². The highest BCUT2D eigenvalue weighted by Crippen LogP contribution is 2.73. The smallest absolute Gasteiger partial charge is 0.155 e. The summed E-state index contributed by atoms with van der Waals surface area (Å²) in [4.78, 5) is 11.9. The van der Waals surface area contributed by atoms with E-state index in [0.29, 0.717) is 16.6 Å². The van der Waals surface area contributed by atoms with E-state index in [0.717, 1.165) is 31.1 Å². The van der Waals surface area contributed by atoms with Crippen LogP contribution in [0.5, 0.6) is 0 Å². The molecule has 5 atom stereocenters. The van der Waals surface area contributed by atoms with Gasteiger partial charge in [0.05, 0.1) is 0 Å². The number of carbonyl (C=O) groups is 1. The Morgan fingerprint density at radius 1 is 1.08 bits per heavy atom. The van der Waals surface area contributed by atoms with Crippen LogP contribution in [-0.4, -0.2) is 5.78 Å². The molecule has 5 aliphatic rings. The van der Waals surface area contributed by atoms with Crippen molar-refractivity contribution in [1.82, 2.24) is 0 Å². The largest absolute Gasteiger partial charge is 0.295 e. The minimum atomic E-state index is 0.276. The Morgan fingerprint density at radius 3 is 2.75 bits per heavy atom. The SMILES string of the molecule is C=C1CCC2(C)CC=C3C4CCC5=CC(=O)CCC5(C)C4CC[C@]132. The van der Waals surface area contributed by atoms with E-state index >= 15 is 0 Å². The van der Waals surface area contributed by atoms with Crippen LogP contribution in [0.3, 0.4) is 0 Å². The van der Waals surface area contributed by atoms with Gasteiger partial charge >= 0.3 is 0 Å². The normalized spacial score (nSPS) is 49.8. The lowest BCUT2D eigenvalue weighted by Crippen LogP contribution is -2.49. The molecular formula is C23H30O. The first kappa shape index (κ1) is 15.2. The minimum Gasteiger partial charge on any atom is -0.295 e. The Morgan fingerprint density at radius 2 is 1.92 bits per heavy atom. The van der Waals surface area contributed by atoms with Gasteiger partial charge in [-0.2, -0.15) is 0 Å². The third-order valence-electron chi connectivity index (χ3n) is 9.10. The van der Waals surface area contributed by atoms with E-state index < -0.39 is 0 Å². The lowest BCUT2D eigenvalue weighted by atomic mass is 9.46. The number of fused-ring (bicyclic) bond motifs is 4. The van der Waals surface area contributed by atoms with Crippen LogP contribution in [0.25, 0.3) is 0 Å². The molecule has 0 aromatic carbocycles. The second-order valence-corrected chi connectivity index (χ2v) is 9.78. The molecule has 0 aromatic rings. The minimum absolute atomic E-state index is 0.276. The summed E-state index contributed by atoms with van der Waals surface area (Å²) in [6.45, 7) is 9.57. The molecule has 0 bridgehead atoms. The molecular weight excluding hydrogens is 292 g/mol. The average Bonchev–Trinajstić information content (AvgIpc) is 2.99. The Balaban J connectivity index is 1.58. The topological polar surface area (TPSA) is 17.1 Å². The number of allylic oxidation sites excluding steroid dienone is 5. The molecule has 24 heavy (non-hydrogen) atoms. The van der Waals surface area contributed by atoms with Crippen LogP contribution in [0, 0.1) is 28.1 Å². The van der Waals surface area contributed by atoms with E-state index in [4.69, 9.17) is 0 Å². The van der Waals surface area contributed by atoms with Crippen molar-refractivity contribution in [3.63, 3.8) is 0 Å². The summed E-state index contributed by atoms with van der Waals surface area (Å²) in [7, 11) is 0. The van der Waals surface area contributed by atoms with Gasteiger partial charge in [-0.15, -0.1) is 0 Å². The molecule has 0 saturated heterocycles. The molecule has 5 aliphatic carbocycles. The fourth-order valence-electron chi connectivity index (χ4n) is 7.69. The van der Waals surface area contributed by atoms with Crippen LogP contribution in [-0.2, 0) is 4.79 Å². The maximum Gasteiger partial charge on any atom is 0.155 e. The molecule has 1 heteroatoms. The van der Waals surface area contributed by atoms with Gasteiger partial charge in [-0.1, -0.05) is 43.2 Å². The van der Waals surface area contributed by atoms with E-state index in [1.165, 1.54) is 49.7 Å². The molecule has 0 heterocycles. The van der Waals surface area contributed by atoms with Crippen LogP contribution in [0.2, 0.25) is 0 Å². The van der Waals surface area contributed by atoms with Gasteiger partial charge in [-0.25, -0.2) is 0 Å². The van der Waals surface area contributed by atoms with E-state index in [1.54, 1.807) is 5.57 Å². The monoisotopic (exact) mass is 322 g/mol. The third kappa shape index (κ3) is 1.56. The van der Waals surface area contributed by atoms with Gasteiger partial charge in [-0.3, -0.25) is 4.79 Å². The molecule has 4 unspecified atom stereocenters. The lowest BCUT2D eigenvalue weighted by molar-refractivity contribution is -0.116. The maximum absolute atomic E-state index is 11.9. The standard InChI is InChI=1S/C23H30O/c1-15-6-10-21(2)11-8-20-18-5-4-16-14-17(24)7-12-22(16,3)19(18)9-13-23(15,20)21/h8,14,18-19H,1,4-7,9-13H2,2-3H3/t18?,19?,21?,22?,23-/m0/s1. The zero-order chi connectivity index (χ0) is 16.7. The van der Waals surface area contributed by atoms with Gasteiger partial charge in [0.2, 0.25) is 0 Å². The molecule has 3 saturated carbocycles. The number of ketones is 1. The number of hydrogen-bond donors (Lipinski definition) is 0. The van der Waals surface area contributed by atoms with Crippen molar-refractivity contribution in [2.75, 3.05) is 0 Å². The van der Waals surface area contributed by atoms with Gasteiger partial charge in [0.15, 0.2) is 5.78 Å². The first-order valence-electron chi connectivity index (χ1n) is 10.0. The van der Waals surface area contributed by atoms with Crippen LogP contribution < -0.4 is 0 Å². The molecule has 3 fully saturated rings. The molecule has 128 valence electrons. The van der Waals surface area contributed by atoms with E-state index in [1.807, 2.05) is 6.08 Å². The summed E-state index contributed by atoms with van der Waals surface area (Å²) < 4.78 is 0. The Hall–Kier alpha value is -1.11. The number of rotatable bonds is 0. The third-order valence-corrected chi connectivity index (χ3v) is 9.10. The van der Waals surface area contributed by atoms with E-state index in [2.05, 4.69) is 26.5 Å². The van der Waals surface area contributed by atoms with Gasteiger partial charge in [0.25, 0.3) is 0 Å². The van der Waals surface area contributed by atoms with Crippen molar-refractivity contribution in [2.24, 2.45) is 28.1 Å². The molecule has 5 rings (SSSR count). The summed E-state index contributed by atoms with van der Waals surface area (Å²) in [5.74, 6) is 1.86. The summed E-state index contributed by atoms with van der Waals surface area (Å²) in [5, 5.41) is 0. The molecule has 0 amide bonds. The van der Waals surface area contributed by atoms with Crippen molar-refractivity contribution in [3.05, 3.63) is 35.5 Å². The van der Waals surface area contributed by atoms with Crippen molar-refractivity contribution in [3.8, 4) is 0 Å². The number of hydrogen-bond acceptors (Lipinski definition) is 1. The molecule has 0 radical (unpaired) electrons. The fraction of sp³-hybridized carbons (Fsp3) is 0.696. The molecule has 1 nitrogen and oxygen atoms in total. The van der Waals surface area contributed by atoms with Gasteiger partial charge < -0.3 is 0 Å². The van der Waals surface area contributed by atoms with Gasteiger partial charge in [-0.05, 0) is 80.1 Å². The zero-order valence-corrected chi connectivity index (χ0v) is 15.3. The molecule has 1 spiro atoms. The summed E-state index contributed by atoms with van der Waals surface area (Å²) in [6.07, 6.45) is 15.4. The van der Waals surface area contributed by atoms with Crippen molar-refractivity contribution >= 4 is 5.78 Å². The van der Waals surface area contributed by atoms with Gasteiger partial charge in [0, 0.05) is 11.8 Å². The first-order chi connectivity index (χ1) is 11.4. The first-order valence-corrected chi connectivity index (χ1v) is 10.0. The highest BCUT2D eigenvalue weighted by atomic mass is 16.1. The fourth-order valence-corrected chi connectivity index (χ4v) is 7.69. The van der Waals surface area contributed by atoms with Crippen molar-refractivity contribution < 1.29 is 4.79 Å². The van der Waals surface area contributed by atoms with E-state index in [-0.39, 0.29) is 5.41 Å². The number of carbonyl (C=O) groups excluding carboxylic acids is 1. The summed E-state index contributed by atoms with van der Waals surface area (Å²) in [5.41, 5.74) is 5.85. The zero-order valence-electron chi connectivity index (χ0n) is 15.3. The lowest BCUT2D eigenvalue weighted by Gasteiger charge is -2.58. The van der Waals surface area contributed by atoms with Crippen molar-refractivity contribution in [1.29, 1.82) is 0 Å². The summed E-state index contributed by atoms with van der Waals surface area (Å²) >= 11 is 0. The Kier molecular flexibility index (Phi) is 2.87. The highest BCUT2D eigenvalue weighted by molar-refractivity contribution is 5.91. The molecule has 0 N–H and O–H groups in total. The molecule has 0 aliphatic heterocycles. The maximum atomic E-state index is 11.9. The van der Waals surface area contributed by atoms with Crippen LogP contribution >= 0.6 is 0 Å². The van der Waals surface area contributed by atoms with Crippen molar-refractivity contribution in [2.45, 2.75) is 71.6 Å². The highest BCUT2D eigenvalue weighted by Gasteiger charge is 2.64. The van der Waals surface area contributed by atoms with Crippen LogP contribution in [0.1, 0.15) is 71.6 Å². The van der Waals surface area contributed by atoms with E-state index in [9.17, 15) is 4.79 Å². The molecule has 0 aromatic heterocycles. The summed E-state index contributed by atoms with van der Waals surface area (Å²) in [6, 6.07) is 0. The predicted octanol–water partition coefficient (Wildman–Crippen LogP) is 5.77. The van der Waals surface area contributed by atoms with Crippen LogP contribution in [0.4, 0.5) is 0 Å².